The minimum Gasteiger partial charge on any atom is -0.494 e. The van der Waals surface area contributed by atoms with E-state index in [2.05, 4.69) is 15.4 Å². The number of carbonyl (C=O) groups is 1. The van der Waals surface area contributed by atoms with Crippen LogP contribution in [0, 0.1) is 0 Å². The van der Waals surface area contributed by atoms with Crippen LogP contribution in [0.1, 0.15) is 22.0 Å². The Labute approximate surface area is 160 Å². The van der Waals surface area contributed by atoms with Gasteiger partial charge in [-0.2, -0.15) is 5.10 Å². The number of rotatable bonds is 6. The molecule has 3 aromatic rings. The molecule has 0 aliphatic carbocycles. The van der Waals surface area contributed by atoms with Gasteiger partial charge in [0.25, 0.3) is 5.91 Å². The van der Waals surface area contributed by atoms with E-state index in [0.717, 1.165) is 5.56 Å². The highest BCUT2D eigenvalue weighted by Crippen LogP contribution is 2.34. The Balaban J connectivity index is 1.85. The van der Waals surface area contributed by atoms with E-state index >= 15 is 0 Å². The molecule has 0 bridgehead atoms. The first-order valence-electron chi connectivity index (χ1n) is 7.79. The summed E-state index contributed by atoms with van der Waals surface area (Å²) < 4.78 is 6.78. The summed E-state index contributed by atoms with van der Waals surface area (Å²) >= 11 is 12.3. The Morgan fingerprint density at radius 3 is 2.50 bits per heavy atom. The smallest absolute Gasteiger partial charge is 0.251 e. The zero-order valence-electron chi connectivity index (χ0n) is 13.9. The number of nitrogens with one attached hydrogen (secondary N) is 1. The number of halogens is 2. The molecule has 2 aromatic carbocycles. The number of amides is 1. The van der Waals surface area contributed by atoms with Crippen LogP contribution in [0.25, 0.3) is 0 Å². The van der Waals surface area contributed by atoms with Gasteiger partial charge >= 0.3 is 0 Å². The molecule has 1 N–H and O–H groups in total. The highest BCUT2D eigenvalue weighted by molar-refractivity contribution is 6.37. The first kappa shape index (κ1) is 18.2. The van der Waals surface area contributed by atoms with Crippen LogP contribution >= 0.6 is 23.2 Å². The lowest BCUT2D eigenvalue weighted by atomic mass is 10.1. The van der Waals surface area contributed by atoms with Crippen LogP contribution in [0.5, 0.6) is 5.75 Å². The van der Waals surface area contributed by atoms with Gasteiger partial charge in [0.15, 0.2) is 5.75 Å². The quantitative estimate of drug-likeness (QED) is 0.695. The average molecular weight is 391 g/mol. The molecule has 0 spiro atoms. The molecule has 0 fully saturated rings. The van der Waals surface area contributed by atoms with Gasteiger partial charge in [0.1, 0.15) is 12.7 Å². The number of hydrogen-bond acceptors (Lipinski definition) is 4. The third-order valence-electron chi connectivity index (χ3n) is 3.81. The van der Waals surface area contributed by atoms with Gasteiger partial charge in [0, 0.05) is 5.56 Å². The third-order valence-corrected chi connectivity index (χ3v) is 4.37. The summed E-state index contributed by atoms with van der Waals surface area (Å²) in [5, 5.41) is 7.65. The maximum atomic E-state index is 12.7. The fraction of sp³-hybridized carbons (Fsp3) is 0.167. The molecule has 0 aliphatic rings. The van der Waals surface area contributed by atoms with Crippen LogP contribution in [0.3, 0.4) is 0 Å². The predicted octanol–water partition coefficient (Wildman–Crippen LogP) is 3.76. The van der Waals surface area contributed by atoms with E-state index in [9.17, 15) is 4.79 Å². The van der Waals surface area contributed by atoms with Crippen LogP contribution < -0.4 is 10.1 Å². The summed E-state index contributed by atoms with van der Waals surface area (Å²) in [6.45, 7) is 0.438. The Kier molecular flexibility index (Phi) is 5.75. The van der Waals surface area contributed by atoms with E-state index in [1.165, 1.54) is 25.6 Å². The molecule has 6 nitrogen and oxygen atoms in total. The molecule has 134 valence electrons. The van der Waals surface area contributed by atoms with Crippen molar-refractivity contribution < 1.29 is 9.53 Å². The summed E-state index contributed by atoms with van der Waals surface area (Å²) in [4.78, 5) is 16.7. The van der Waals surface area contributed by atoms with E-state index in [4.69, 9.17) is 27.9 Å². The molecule has 1 atom stereocenters. The van der Waals surface area contributed by atoms with Gasteiger partial charge in [0.05, 0.1) is 29.7 Å². The summed E-state index contributed by atoms with van der Waals surface area (Å²) in [5.41, 5.74) is 1.29. The second-order valence-corrected chi connectivity index (χ2v) is 6.34. The minimum absolute atomic E-state index is 0.276. The molecular weight excluding hydrogens is 375 g/mol. The van der Waals surface area contributed by atoms with E-state index < -0.39 is 0 Å². The van der Waals surface area contributed by atoms with Crippen molar-refractivity contribution >= 4 is 29.1 Å². The molecule has 3 rings (SSSR count). The second-order valence-electron chi connectivity index (χ2n) is 5.53. The zero-order chi connectivity index (χ0) is 18.5. The molecule has 0 saturated carbocycles. The second kappa shape index (κ2) is 8.21. The number of ether oxygens (including phenoxy) is 1. The standard InChI is InChI=1S/C18H16Cl2N4O2/c1-26-17-14(19)7-13(8-15(17)20)18(25)23-16(9-24-11-21-10-22-24)12-5-3-2-4-6-12/h2-8,10-11,16H,9H2,1H3,(H,23,25). The van der Waals surface area contributed by atoms with Gasteiger partial charge in [-0.15, -0.1) is 0 Å². The van der Waals surface area contributed by atoms with Crippen molar-refractivity contribution in [1.29, 1.82) is 0 Å². The SMILES string of the molecule is COc1c(Cl)cc(C(=O)NC(Cn2cncn2)c2ccccc2)cc1Cl. The minimum atomic E-state index is -0.301. The monoisotopic (exact) mass is 390 g/mol. The van der Waals surface area contributed by atoms with Gasteiger partial charge in [0.2, 0.25) is 0 Å². The number of carbonyl (C=O) groups excluding carboxylic acids is 1. The number of benzene rings is 2. The molecule has 1 unspecified atom stereocenters. The van der Waals surface area contributed by atoms with Crippen molar-refractivity contribution in [1.82, 2.24) is 20.1 Å². The number of aromatic nitrogens is 3. The lowest BCUT2D eigenvalue weighted by molar-refractivity contribution is 0.0932. The Morgan fingerprint density at radius 2 is 1.92 bits per heavy atom. The van der Waals surface area contributed by atoms with Gasteiger partial charge < -0.3 is 10.1 Å². The van der Waals surface area contributed by atoms with E-state index in [1.807, 2.05) is 30.3 Å². The van der Waals surface area contributed by atoms with Gasteiger partial charge in [-0.25, -0.2) is 4.98 Å². The van der Waals surface area contributed by atoms with Crippen LogP contribution in [-0.2, 0) is 6.54 Å². The summed E-state index contributed by atoms with van der Waals surface area (Å²) in [5.74, 6) is 0.0394. The molecular formula is C18H16Cl2N4O2. The lowest BCUT2D eigenvalue weighted by Crippen LogP contribution is -2.31. The van der Waals surface area contributed by atoms with Crippen molar-refractivity contribution in [2.24, 2.45) is 0 Å². The molecule has 0 radical (unpaired) electrons. The summed E-state index contributed by atoms with van der Waals surface area (Å²) in [6.07, 6.45) is 3.05. The van der Waals surface area contributed by atoms with Gasteiger partial charge in [-0.1, -0.05) is 53.5 Å². The van der Waals surface area contributed by atoms with Crippen LogP contribution in [0.4, 0.5) is 0 Å². The fourth-order valence-corrected chi connectivity index (χ4v) is 3.20. The first-order chi connectivity index (χ1) is 12.6. The van der Waals surface area contributed by atoms with E-state index in [-0.39, 0.29) is 22.0 Å². The van der Waals surface area contributed by atoms with Crippen molar-refractivity contribution in [3.63, 3.8) is 0 Å². The number of hydrogen-bond donors (Lipinski definition) is 1. The maximum absolute atomic E-state index is 12.7. The number of nitrogens with zero attached hydrogens (tertiary/aromatic N) is 3. The molecule has 1 amide bonds. The third kappa shape index (κ3) is 4.15. The first-order valence-corrected chi connectivity index (χ1v) is 8.55. The Hall–Kier alpha value is -2.57. The average Bonchev–Trinajstić information content (AvgIpc) is 3.14. The summed E-state index contributed by atoms with van der Waals surface area (Å²) in [6, 6.07) is 12.4. The van der Waals surface area contributed by atoms with Crippen LogP contribution in [0.2, 0.25) is 10.0 Å². The summed E-state index contributed by atoms with van der Waals surface area (Å²) in [7, 11) is 1.47. The molecule has 26 heavy (non-hydrogen) atoms. The fourth-order valence-electron chi connectivity index (χ4n) is 2.56. The van der Waals surface area contributed by atoms with Gasteiger partial charge in [-0.3, -0.25) is 9.48 Å². The lowest BCUT2D eigenvalue weighted by Gasteiger charge is -2.19. The Bertz CT molecular complexity index is 862. The van der Waals surface area contributed by atoms with Crippen LogP contribution in [0.15, 0.2) is 55.1 Å². The van der Waals surface area contributed by atoms with Crippen molar-refractivity contribution in [3.8, 4) is 5.75 Å². The largest absolute Gasteiger partial charge is 0.494 e. The van der Waals surface area contributed by atoms with Crippen molar-refractivity contribution in [2.75, 3.05) is 7.11 Å². The normalized spacial score (nSPS) is 11.8. The maximum Gasteiger partial charge on any atom is 0.251 e. The highest BCUT2D eigenvalue weighted by Gasteiger charge is 2.19. The molecule has 1 heterocycles. The van der Waals surface area contributed by atoms with Gasteiger partial charge in [-0.05, 0) is 17.7 Å². The van der Waals surface area contributed by atoms with E-state index in [1.54, 1.807) is 11.0 Å². The molecule has 0 saturated heterocycles. The highest BCUT2D eigenvalue weighted by atomic mass is 35.5. The number of methoxy groups -OCH3 is 1. The van der Waals surface area contributed by atoms with Crippen molar-refractivity contribution in [3.05, 3.63) is 76.3 Å². The van der Waals surface area contributed by atoms with Crippen molar-refractivity contribution in [2.45, 2.75) is 12.6 Å². The molecule has 1 aromatic heterocycles. The van der Waals surface area contributed by atoms with E-state index in [0.29, 0.717) is 17.9 Å². The Morgan fingerprint density at radius 1 is 1.23 bits per heavy atom. The predicted molar refractivity (Wildman–Crippen MR) is 99.7 cm³/mol. The zero-order valence-corrected chi connectivity index (χ0v) is 15.4. The van der Waals surface area contributed by atoms with Crippen LogP contribution in [-0.4, -0.2) is 27.8 Å². The molecule has 0 aliphatic heterocycles. The topological polar surface area (TPSA) is 69.0 Å². The molecule has 8 heteroatoms.